The average molecular weight is 457 g/mol. The van der Waals surface area contributed by atoms with Crippen LogP contribution in [0, 0.1) is 0 Å². The number of ether oxygens (including phenoxy) is 3. The molecular formula is C22H40N4O6. The lowest BCUT2D eigenvalue weighted by Gasteiger charge is -2.44. The highest BCUT2D eigenvalue weighted by molar-refractivity contribution is 5.76. The third-order valence-corrected chi connectivity index (χ3v) is 6.26. The first-order valence-electron chi connectivity index (χ1n) is 12.1. The van der Waals surface area contributed by atoms with Gasteiger partial charge in [0, 0.05) is 26.2 Å². The van der Waals surface area contributed by atoms with Gasteiger partial charge in [-0.1, -0.05) is 6.92 Å². The average Bonchev–Trinajstić information content (AvgIpc) is 2.78. The molecule has 184 valence electrons. The molecule has 0 radical (unpaired) electrons. The van der Waals surface area contributed by atoms with E-state index in [2.05, 4.69) is 15.5 Å². The van der Waals surface area contributed by atoms with Crippen LogP contribution in [0.3, 0.4) is 0 Å². The lowest BCUT2D eigenvalue weighted by Crippen LogP contribution is -2.59. The number of nitrogens with one attached hydrogen (secondary N) is 2. The number of rotatable bonds is 8. The maximum absolute atomic E-state index is 12.7. The van der Waals surface area contributed by atoms with Crippen LogP contribution in [0.2, 0.25) is 0 Å². The van der Waals surface area contributed by atoms with Crippen LogP contribution in [0.5, 0.6) is 0 Å². The van der Waals surface area contributed by atoms with Gasteiger partial charge in [-0.2, -0.15) is 0 Å². The molecule has 0 bridgehead atoms. The van der Waals surface area contributed by atoms with Crippen LogP contribution in [-0.2, 0) is 19.0 Å². The molecule has 10 nitrogen and oxygen atoms in total. The number of aliphatic hydroxyl groups is 1. The molecule has 3 heterocycles. The summed E-state index contributed by atoms with van der Waals surface area (Å²) in [6.07, 6.45) is 2.27. The highest BCUT2D eigenvalue weighted by Gasteiger charge is 2.39. The zero-order chi connectivity index (χ0) is 22.8. The largest absolute Gasteiger partial charge is 0.389 e. The maximum atomic E-state index is 12.7. The summed E-state index contributed by atoms with van der Waals surface area (Å²) in [4.78, 5) is 29.1. The molecule has 0 aromatic heterocycles. The number of morpholine rings is 1. The molecule has 10 heteroatoms. The van der Waals surface area contributed by atoms with Crippen LogP contribution in [0.25, 0.3) is 0 Å². The van der Waals surface area contributed by atoms with Gasteiger partial charge in [0.2, 0.25) is 5.91 Å². The van der Waals surface area contributed by atoms with Gasteiger partial charge < -0.3 is 34.9 Å². The first-order valence-corrected chi connectivity index (χ1v) is 12.1. The molecule has 3 aliphatic heterocycles. The second-order valence-electron chi connectivity index (χ2n) is 8.88. The van der Waals surface area contributed by atoms with E-state index < -0.39 is 6.10 Å². The Morgan fingerprint density at radius 1 is 1.06 bits per heavy atom. The van der Waals surface area contributed by atoms with Gasteiger partial charge in [0.15, 0.2) is 0 Å². The van der Waals surface area contributed by atoms with Crippen molar-refractivity contribution < 1.29 is 28.9 Å². The van der Waals surface area contributed by atoms with Gasteiger partial charge in [0.25, 0.3) is 0 Å². The van der Waals surface area contributed by atoms with Crippen molar-refractivity contribution in [2.45, 2.75) is 63.4 Å². The molecular weight excluding hydrogens is 416 g/mol. The topological polar surface area (TPSA) is 113 Å². The molecule has 0 aromatic rings. The van der Waals surface area contributed by atoms with Crippen molar-refractivity contribution >= 4 is 11.9 Å². The number of fused-ring (bicyclic) bond motifs is 1. The Kier molecular flexibility index (Phi) is 10.5. The summed E-state index contributed by atoms with van der Waals surface area (Å²) in [5, 5.41) is 16.1. The van der Waals surface area contributed by atoms with E-state index in [0.29, 0.717) is 32.5 Å². The van der Waals surface area contributed by atoms with Crippen LogP contribution in [0.1, 0.15) is 39.0 Å². The lowest BCUT2D eigenvalue weighted by molar-refractivity contribution is -0.150. The van der Waals surface area contributed by atoms with Gasteiger partial charge in [-0.3, -0.25) is 9.69 Å². The Balaban J connectivity index is 1.43. The number of aliphatic hydroxyl groups excluding tert-OH is 1. The van der Waals surface area contributed by atoms with E-state index in [9.17, 15) is 14.7 Å². The highest BCUT2D eigenvalue weighted by atomic mass is 16.5. The summed E-state index contributed by atoms with van der Waals surface area (Å²) in [6, 6.07) is -0.350. The van der Waals surface area contributed by atoms with Crippen molar-refractivity contribution in [3.63, 3.8) is 0 Å². The molecule has 0 spiro atoms. The summed E-state index contributed by atoms with van der Waals surface area (Å²) >= 11 is 0. The summed E-state index contributed by atoms with van der Waals surface area (Å²) in [7, 11) is 0. The van der Waals surface area contributed by atoms with E-state index in [1.54, 1.807) is 4.90 Å². The number of hydrogen-bond donors (Lipinski definition) is 3. The van der Waals surface area contributed by atoms with Crippen LogP contribution in [0.15, 0.2) is 0 Å². The summed E-state index contributed by atoms with van der Waals surface area (Å²) < 4.78 is 17.2. The van der Waals surface area contributed by atoms with Crippen molar-refractivity contribution in [1.29, 1.82) is 0 Å². The van der Waals surface area contributed by atoms with Gasteiger partial charge >= 0.3 is 6.03 Å². The van der Waals surface area contributed by atoms with E-state index in [1.165, 1.54) is 0 Å². The number of nitrogens with zero attached hydrogens (tertiary/aromatic N) is 2. The fourth-order valence-electron chi connectivity index (χ4n) is 4.54. The van der Waals surface area contributed by atoms with Gasteiger partial charge in [0.1, 0.15) is 6.10 Å². The Morgan fingerprint density at radius 3 is 2.66 bits per heavy atom. The fraction of sp³-hybridized carbons (Fsp3) is 0.909. The molecule has 32 heavy (non-hydrogen) atoms. The molecule has 3 aliphatic rings. The van der Waals surface area contributed by atoms with Crippen molar-refractivity contribution in [1.82, 2.24) is 20.4 Å². The SMILES string of the molecule is CCCNC(=O)N1C[C@@H](O)COC[C@H]2O[C@@H](CC(=O)NCCCN3CCOCC3)CC[C@@H]21. The summed E-state index contributed by atoms with van der Waals surface area (Å²) in [5.41, 5.74) is 0. The highest BCUT2D eigenvalue weighted by Crippen LogP contribution is 2.27. The Bertz CT molecular complexity index is 589. The molecule has 3 rings (SSSR count). The van der Waals surface area contributed by atoms with E-state index >= 15 is 0 Å². The molecule has 0 aliphatic carbocycles. The van der Waals surface area contributed by atoms with Crippen LogP contribution < -0.4 is 10.6 Å². The van der Waals surface area contributed by atoms with E-state index in [1.807, 2.05) is 6.92 Å². The van der Waals surface area contributed by atoms with Gasteiger partial charge in [-0.05, 0) is 32.2 Å². The van der Waals surface area contributed by atoms with E-state index in [0.717, 1.165) is 52.1 Å². The van der Waals surface area contributed by atoms with E-state index in [4.69, 9.17) is 14.2 Å². The lowest BCUT2D eigenvalue weighted by atomic mass is 9.95. The number of urea groups is 1. The summed E-state index contributed by atoms with van der Waals surface area (Å²) in [6.45, 7) is 8.38. The molecule has 0 saturated carbocycles. The third-order valence-electron chi connectivity index (χ3n) is 6.26. The van der Waals surface area contributed by atoms with Crippen LogP contribution >= 0.6 is 0 Å². The van der Waals surface area contributed by atoms with Crippen LogP contribution in [0.4, 0.5) is 4.79 Å². The molecule has 3 fully saturated rings. The summed E-state index contributed by atoms with van der Waals surface area (Å²) in [5.74, 6) is -0.00448. The zero-order valence-electron chi connectivity index (χ0n) is 19.3. The zero-order valence-corrected chi connectivity index (χ0v) is 19.3. The Morgan fingerprint density at radius 2 is 1.88 bits per heavy atom. The first kappa shape index (κ1) is 25.2. The number of amides is 3. The molecule has 0 aromatic carbocycles. The number of hydrogen-bond acceptors (Lipinski definition) is 7. The Hall–Kier alpha value is -1.46. The van der Waals surface area contributed by atoms with Crippen molar-refractivity contribution in [3.05, 3.63) is 0 Å². The molecule has 3 amide bonds. The minimum atomic E-state index is -0.718. The number of carbonyl (C=O) groups excluding carboxylic acids is 2. The monoisotopic (exact) mass is 456 g/mol. The van der Waals surface area contributed by atoms with Gasteiger partial charge in [-0.15, -0.1) is 0 Å². The predicted molar refractivity (Wildman–Crippen MR) is 118 cm³/mol. The van der Waals surface area contributed by atoms with Crippen LogP contribution in [-0.4, -0.2) is 117 Å². The van der Waals surface area contributed by atoms with Crippen molar-refractivity contribution in [2.24, 2.45) is 0 Å². The molecule has 3 saturated heterocycles. The quantitative estimate of drug-likeness (QED) is 0.439. The van der Waals surface area contributed by atoms with E-state index in [-0.39, 0.29) is 43.3 Å². The van der Waals surface area contributed by atoms with Crippen molar-refractivity contribution in [3.8, 4) is 0 Å². The molecule has 4 atom stereocenters. The minimum absolute atomic E-state index is 0.00448. The van der Waals surface area contributed by atoms with Crippen molar-refractivity contribution in [2.75, 3.05) is 65.7 Å². The molecule has 0 unspecified atom stereocenters. The number of β-amino-alcohol motifs (C(OH)–C–C–N with tert-alkyl or cyclic N) is 1. The standard InChI is InChI=1S/C22H40N4O6/c1-2-6-24-22(29)26-14-17(27)15-31-16-20-19(26)5-4-18(32-20)13-21(28)23-7-3-8-25-9-11-30-12-10-25/h17-20,27H,2-16H2,1H3,(H,23,28)(H,24,29)/t17-,18-,19+,20-/m1/s1. The fourth-order valence-corrected chi connectivity index (χ4v) is 4.54. The second-order valence-corrected chi connectivity index (χ2v) is 8.88. The minimum Gasteiger partial charge on any atom is -0.389 e. The molecule has 3 N–H and O–H groups in total. The maximum Gasteiger partial charge on any atom is 0.317 e. The van der Waals surface area contributed by atoms with Gasteiger partial charge in [0.05, 0.1) is 57.6 Å². The Labute approximate surface area is 190 Å². The predicted octanol–water partition coefficient (Wildman–Crippen LogP) is -0.0561. The first-order chi connectivity index (χ1) is 15.6. The number of carbonyl (C=O) groups is 2. The smallest absolute Gasteiger partial charge is 0.317 e. The normalized spacial score (nSPS) is 29.5. The second kappa shape index (κ2) is 13.3. The third kappa shape index (κ3) is 7.84. The van der Waals surface area contributed by atoms with Gasteiger partial charge in [-0.25, -0.2) is 4.79 Å².